The molecule has 2 rings (SSSR count). The number of benzene rings is 2. The van der Waals surface area contributed by atoms with Crippen LogP contribution in [0.5, 0.6) is 0 Å². The number of hydrogen-bond acceptors (Lipinski definition) is 4. The Morgan fingerprint density at radius 2 is 0.897 bits per heavy atom. The maximum atomic E-state index is 11.5. The molecule has 0 saturated carbocycles. The Hall–Kier alpha value is -2.39. The molecule has 5 heteroatoms. The fourth-order valence-corrected chi connectivity index (χ4v) is 1.86. The van der Waals surface area contributed by atoms with Crippen LogP contribution in [-0.2, 0) is 16.5 Å². The van der Waals surface area contributed by atoms with Crippen LogP contribution in [0.2, 0.25) is 0 Å². The molecule has 4 nitrogen and oxygen atoms in total. The van der Waals surface area contributed by atoms with Crippen LogP contribution in [0.4, 0.5) is 0 Å². The van der Waals surface area contributed by atoms with Gasteiger partial charge in [-0.3, -0.25) is 19.6 Å². The Bertz CT molecular complexity index is 744. The third kappa shape index (κ3) is 12.6. The van der Waals surface area contributed by atoms with Crippen molar-refractivity contribution in [3.05, 3.63) is 71.8 Å². The summed E-state index contributed by atoms with van der Waals surface area (Å²) in [6.45, 7) is 11.8. The van der Waals surface area contributed by atoms with Crippen LogP contribution in [0.15, 0.2) is 70.6 Å². The molecule has 158 valence electrons. The van der Waals surface area contributed by atoms with Crippen molar-refractivity contribution >= 4 is 24.0 Å². The molecule has 0 N–H and O–H groups in total. The largest absolute Gasteiger partial charge is 0.288 e. The zero-order chi connectivity index (χ0) is 21.2. The summed E-state index contributed by atoms with van der Waals surface area (Å²) in [5.41, 5.74) is 0.982. The number of hydrogen-bond donors (Lipinski definition) is 0. The average molecular weight is 437 g/mol. The molecule has 0 saturated heterocycles. The molecule has 0 aromatic heterocycles. The van der Waals surface area contributed by atoms with Gasteiger partial charge in [-0.1, -0.05) is 60.7 Å². The van der Waals surface area contributed by atoms with Crippen LogP contribution in [-0.4, -0.2) is 35.1 Å². The van der Waals surface area contributed by atoms with Crippen molar-refractivity contribution in [3.8, 4) is 0 Å². The normalized spacial score (nSPS) is 11.5. The predicted octanol–water partition coefficient (Wildman–Crippen LogP) is 5.47. The zero-order valence-electron chi connectivity index (χ0n) is 18.0. The third-order valence-corrected chi connectivity index (χ3v) is 3.25. The Balaban J connectivity index is 0.000000523. The molecule has 0 heterocycles. The molecule has 0 bridgehead atoms. The van der Waals surface area contributed by atoms with Crippen molar-refractivity contribution in [3.63, 3.8) is 0 Å². The summed E-state index contributed by atoms with van der Waals surface area (Å²) in [6, 6.07) is 18.3. The van der Waals surface area contributed by atoms with Gasteiger partial charge in [-0.2, -0.15) is 0 Å². The number of carbonyl (C=O) groups is 2. The van der Waals surface area contributed by atoms with E-state index in [1.54, 1.807) is 24.3 Å². The fourth-order valence-electron chi connectivity index (χ4n) is 1.86. The van der Waals surface area contributed by atoms with Crippen LogP contribution in [0.3, 0.4) is 0 Å². The predicted molar refractivity (Wildman–Crippen MR) is 118 cm³/mol. The monoisotopic (exact) mass is 436 g/mol. The smallest absolute Gasteiger partial charge is 0.203 e. The molecular formula is C24H30N2NiO2. The van der Waals surface area contributed by atoms with Crippen molar-refractivity contribution in [2.45, 2.75) is 52.6 Å². The van der Waals surface area contributed by atoms with Gasteiger partial charge in [0.25, 0.3) is 0 Å². The third-order valence-electron chi connectivity index (χ3n) is 3.25. The minimum Gasteiger partial charge on any atom is -0.288 e. The summed E-state index contributed by atoms with van der Waals surface area (Å²) in [5.74, 6) is -0.0824. The van der Waals surface area contributed by atoms with E-state index in [1.165, 1.54) is 12.4 Å². The molecule has 0 aliphatic heterocycles. The second-order valence-electron chi connectivity index (χ2n) is 8.32. The average Bonchev–Trinajstić information content (AvgIpc) is 2.65. The number of rotatable bonds is 4. The molecule has 0 atom stereocenters. The quantitative estimate of drug-likeness (QED) is 0.362. The maximum Gasteiger partial charge on any atom is 0.203 e. The summed E-state index contributed by atoms with van der Waals surface area (Å²) >= 11 is 0. The minimum atomic E-state index is -0.190. The van der Waals surface area contributed by atoms with Gasteiger partial charge in [0.05, 0.1) is 23.5 Å². The second-order valence-corrected chi connectivity index (χ2v) is 8.32. The molecule has 0 amide bonds. The van der Waals surface area contributed by atoms with Gasteiger partial charge in [-0.25, -0.2) is 0 Å². The van der Waals surface area contributed by atoms with Crippen LogP contribution in [0, 0.1) is 0 Å². The van der Waals surface area contributed by atoms with E-state index in [0.29, 0.717) is 11.1 Å². The molecule has 2 aromatic rings. The summed E-state index contributed by atoms with van der Waals surface area (Å²) < 4.78 is 0. The van der Waals surface area contributed by atoms with E-state index >= 15 is 0 Å². The van der Waals surface area contributed by atoms with Crippen molar-refractivity contribution in [1.29, 1.82) is 0 Å². The standard InChI is InChI=1S/2C12H15NO.Ni/c2*1-12(2,3)13-9-11(14)10-7-5-4-6-8-10;/h2*4-9H,1-3H3;. The SMILES string of the molecule is CC(C)(C)N=CC(=O)c1ccccc1.CC(C)(C)N=CC(=O)c1ccccc1.[Ni]. The van der Waals surface area contributed by atoms with Crippen molar-refractivity contribution in [2.24, 2.45) is 9.98 Å². The Morgan fingerprint density at radius 3 is 1.14 bits per heavy atom. The van der Waals surface area contributed by atoms with E-state index in [9.17, 15) is 9.59 Å². The van der Waals surface area contributed by atoms with E-state index in [-0.39, 0.29) is 39.1 Å². The van der Waals surface area contributed by atoms with Crippen LogP contribution >= 0.6 is 0 Å². The Labute approximate surface area is 184 Å². The Morgan fingerprint density at radius 1 is 0.621 bits per heavy atom. The topological polar surface area (TPSA) is 58.9 Å². The van der Waals surface area contributed by atoms with Crippen LogP contribution < -0.4 is 0 Å². The zero-order valence-corrected chi connectivity index (χ0v) is 18.9. The number of aliphatic imine (C=N–C) groups is 2. The van der Waals surface area contributed by atoms with Crippen molar-refractivity contribution < 1.29 is 26.1 Å². The minimum absolute atomic E-state index is 0. The van der Waals surface area contributed by atoms with Gasteiger partial charge in [0.1, 0.15) is 0 Å². The molecule has 0 spiro atoms. The van der Waals surface area contributed by atoms with Crippen LogP contribution in [0.25, 0.3) is 0 Å². The van der Waals surface area contributed by atoms with E-state index in [4.69, 9.17) is 0 Å². The molecule has 0 aliphatic rings. The first-order valence-electron chi connectivity index (χ1n) is 9.27. The molecule has 2 aromatic carbocycles. The molecule has 0 aliphatic carbocycles. The molecule has 0 fully saturated rings. The van der Waals surface area contributed by atoms with Crippen molar-refractivity contribution in [1.82, 2.24) is 0 Å². The van der Waals surface area contributed by atoms with Gasteiger partial charge < -0.3 is 0 Å². The molecule has 29 heavy (non-hydrogen) atoms. The van der Waals surface area contributed by atoms with Gasteiger partial charge >= 0.3 is 0 Å². The summed E-state index contributed by atoms with van der Waals surface area (Å²) in [4.78, 5) is 31.4. The van der Waals surface area contributed by atoms with E-state index in [0.717, 1.165) is 0 Å². The van der Waals surface area contributed by atoms with Gasteiger partial charge in [0.15, 0.2) is 0 Å². The first kappa shape index (κ1) is 26.6. The van der Waals surface area contributed by atoms with Crippen LogP contribution in [0.1, 0.15) is 62.3 Å². The second kappa shape index (κ2) is 12.2. The van der Waals surface area contributed by atoms with E-state index in [2.05, 4.69) is 9.98 Å². The molecule has 0 unspecified atom stereocenters. The van der Waals surface area contributed by atoms with E-state index in [1.807, 2.05) is 77.9 Å². The molecular weight excluding hydrogens is 407 g/mol. The summed E-state index contributed by atoms with van der Waals surface area (Å²) in [5, 5.41) is 0. The Kier molecular flexibility index (Phi) is 11.2. The summed E-state index contributed by atoms with van der Waals surface area (Å²) in [7, 11) is 0. The number of carbonyl (C=O) groups excluding carboxylic acids is 2. The number of ketones is 2. The first-order chi connectivity index (χ1) is 13.0. The van der Waals surface area contributed by atoms with Gasteiger partial charge in [0.2, 0.25) is 11.6 Å². The number of Topliss-reactive ketones (excluding diaryl/α,β-unsaturated/α-hetero) is 2. The van der Waals surface area contributed by atoms with E-state index < -0.39 is 0 Å². The van der Waals surface area contributed by atoms with Gasteiger partial charge in [-0.05, 0) is 41.5 Å². The number of nitrogens with zero attached hydrogens (tertiary/aromatic N) is 2. The fraction of sp³-hybridized carbons (Fsp3) is 0.333. The maximum absolute atomic E-state index is 11.5. The molecule has 0 radical (unpaired) electrons. The summed E-state index contributed by atoms with van der Waals surface area (Å²) in [6.07, 6.45) is 2.80. The first-order valence-corrected chi connectivity index (χ1v) is 9.27. The van der Waals surface area contributed by atoms with Gasteiger partial charge in [-0.15, -0.1) is 0 Å². The van der Waals surface area contributed by atoms with Gasteiger partial charge in [0, 0.05) is 27.6 Å². The van der Waals surface area contributed by atoms with Crippen molar-refractivity contribution in [2.75, 3.05) is 0 Å².